The topological polar surface area (TPSA) is 12.9 Å². The molecule has 1 aromatic rings. The molecule has 0 aliphatic carbocycles. The molecule has 1 heterocycles. The van der Waals surface area contributed by atoms with Crippen LogP contribution in [0.2, 0.25) is 10.2 Å². The summed E-state index contributed by atoms with van der Waals surface area (Å²) in [6, 6.07) is 3.24. The second-order valence-electron chi connectivity index (χ2n) is 1.21. The maximum absolute atomic E-state index is 5.49. The third-order valence-corrected chi connectivity index (χ3v) is 1.35. The van der Waals surface area contributed by atoms with E-state index in [9.17, 15) is 0 Å². The quantitative estimate of drug-likeness (QED) is 0.512. The van der Waals surface area contributed by atoms with Gasteiger partial charge >= 0.3 is 0 Å². The van der Waals surface area contributed by atoms with Crippen molar-refractivity contribution in [2.45, 2.75) is 0 Å². The SMILES string of the molecule is Clc1cc[c]nc1Cl. The highest BCUT2D eigenvalue weighted by molar-refractivity contribution is 6.41. The maximum Gasteiger partial charge on any atom is 0.148 e. The molecule has 41 valence electrons. The first-order valence-electron chi connectivity index (χ1n) is 1.99. The highest BCUT2D eigenvalue weighted by Gasteiger charge is 1.91. The number of nitrogens with zero attached hydrogens (tertiary/aromatic N) is 1. The predicted molar refractivity (Wildman–Crippen MR) is 33.1 cm³/mol. The van der Waals surface area contributed by atoms with Crippen LogP contribution in [0, 0.1) is 6.20 Å². The zero-order chi connectivity index (χ0) is 5.98. The zero-order valence-electron chi connectivity index (χ0n) is 3.86. The summed E-state index contributed by atoms with van der Waals surface area (Å²) in [6.07, 6.45) is 2.54. The van der Waals surface area contributed by atoms with Gasteiger partial charge in [0.1, 0.15) is 5.15 Å². The molecular weight excluding hydrogens is 145 g/mol. The first-order valence-corrected chi connectivity index (χ1v) is 2.74. The van der Waals surface area contributed by atoms with Crippen LogP contribution in [-0.2, 0) is 0 Å². The summed E-state index contributed by atoms with van der Waals surface area (Å²) in [5, 5.41) is 0.764. The molecule has 0 spiro atoms. The number of pyridine rings is 1. The number of halogens is 2. The predicted octanol–water partition coefficient (Wildman–Crippen LogP) is 2.19. The molecule has 0 amide bonds. The minimum Gasteiger partial charge on any atom is -0.233 e. The lowest BCUT2D eigenvalue weighted by Crippen LogP contribution is -1.71. The van der Waals surface area contributed by atoms with Crippen molar-refractivity contribution in [1.82, 2.24) is 4.98 Å². The van der Waals surface area contributed by atoms with Crippen LogP contribution < -0.4 is 0 Å². The average molecular weight is 147 g/mol. The van der Waals surface area contributed by atoms with Crippen molar-refractivity contribution in [2.75, 3.05) is 0 Å². The van der Waals surface area contributed by atoms with E-state index in [1.54, 1.807) is 12.1 Å². The fourth-order valence-electron chi connectivity index (χ4n) is 0.327. The van der Waals surface area contributed by atoms with Gasteiger partial charge in [-0.05, 0) is 12.1 Å². The van der Waals surface area contributed by atoms with Gasteiger partial charge in [-0.25, -0.2) is 4.98 Å². The van der Waals surface area contributed by atoms with Crippen molar-refractivity contribution in [3.8, 4) is 0 Å². The molecular formula is C5H2Cl2N. The van der Waals surface area contributed by atoms with E-state index in [0.717, 1.165) is 0 Å². The van der Waals surface area contributed by atoms with Gasteiger partial charge in [0.2, 0.25) is 0 Å². The fraction of sp³-hybridized carbons (Fsp3) is 0. The van der Waals surface area contributed by atoms with Gasteiger partial charge in [-0.2, -0.15) is 0 Å². The van der Waals surface area contributed by atoms with Gasteiger partial charge in [0.05, 0.1) is 11.2 Å². The van der Waals surface area contributed by atoms with E-state index in [0.29, 0.717) is 10.2 Å². The van der Waals surface area contributed by atoms with Gasteiger partial charge in [0.25, 0.3) is 0 Å². The van der Waals surface area contributed by atoms with Crippen molar-refractivity contribution < 1.29 is 0 Å². The van der Waals surface area contributed by atoms with Gasteiger partial charge in [0, 0.05) is 0 Å². The Labute approximate surface area is 57.3 Å². The zero-order valence-corrected chi connectivity index (χ0v) is 5.37. The molecule has 1 rings (SSSR count). The minimum atomic E-state index is 0.300. The lowest BCUT2D eigenvalue weighted by molar-refractivity contribution is 1.31. The summed E-state index contributed by atoms with van der Waals surface area (Å²) in [5.74, 6) is 0. The lowest BCUT2D eigenvalue weighted by atomic mass is 10.5. The van der Waals surface area contributed by atoms with Gasteiger partial charge in [0.15, 0.2) is 0 Å². The molecule has 0 bridgehead atoms. The molecule has 0 N–H and O–H groups in total. The standard InChI is InChI=1S/C5H2Cl2N/c6-4-2-1-3-8-5(4)7/h1-2H. The Bertz CT molecular complexity index is 167. The molecule has 1 aromatic heterocycles. The van der Waals surface area contributed by atoms with E-state index in [4.69, 9.17) is 23.2 Å². The van der Waals surface area contributed by atoms with E-state index < -0.39 is 0 Å². The average Bonchev–Trinajstić information content (AvgIpc) is 1.77. The van der Waals surface area contributed by atoms with Crippen molar-refractivity contribution in [3.63, 3.8) is 0 Å². The second-order valence-corrected chi connectivity index (χ2v) is 1.98. The molecule has 0 fully saturated rings. The fourth-order valence-corrected chi connectivity index (χ4v) is 0.544. The molecule has 0 aliphatic rings. The van der Waals surface area contributed by atoms with Crippen LogP contribution in [-0.4, -0.2) is 4.98 Å². The first kappa shape index (κ1) is 5.86. The van der Waals surface area contributed by atoms with Crippen LogP contribution >= 0.6 is 23.2 Å². The van der Waals surface area contributed by atoms with E-state index >= 15 is 0 Å². The summed E-state index contributed by atoms with van der Waals surface area (Å²) in [5.41, 5.74) is 0. The third kappa shape index (κ3) is 1.11. The normalized spacial score (nSPS) is 9.25. The Morgan fingerprint density at radius 3 is 2.62 bits per heavy atom. The van der Waals surface area contributed by atoms with Crippen LogP contribution in [0.15, 0.2) is 12.1 Å². The molecule has 0 saturated carbocycles. The summed E-state index contributed by atoms with van der Waals surface area (Å²) >= 11 is 10.9. The largest absolute Gasteiger partial charge is 0.233 e. The number of rotatable bonds is 0. The molecule has 1 nitrogen and oxygen atoms in total. The van der Waals surface area contributed by atoms with Crippen LogP contribution in [0.25, 0.3) is 0 Å². The molecule has 0 saturated heterocycles. The number of aromatic nitrogens is 1. The highest BCUT2D eigenvalue weighted by Crippen LogP contribution is 2.15. The Morgan fingerprint density at radius 2 is 2.25 bits per heavy atom. The number of hydrogen-bond acceptors (Lipinski definition) is 1. The molecule has 0 aromatic carbocycles. The highest BCUT2D eigenvalue weighted by atomic mass is 35.5. The van der Waals surface area contributed by atoms with Gasteiger partial charge in [-0.1, -0.05) is 23.2 Å². The summed E-state index contributed by atoms with van der Waals surface area (Å²) in [7, 11) is 0. The van der Waals surface area contributed by atoms with Crippen molar-refractivity contribution in [3.05, 3.63) is 28.5 Å². The molecule has 8 heavy (non-hydrogen) atoms. The van der Waals surface area contributed by atoms with Crippen molar-refractivity contribution in [2.24, 2.45) is 0 Å². The van der Waals surface area contributed by atoms with Gasteiger partial charge < -0.3 is 0 Å². The Kier molecular flexibility index (Phi) is 1.71. The van der Waals surface area contributed by atoms with Crippen molar-refractivity contribution in [1.29, 1.82) is 0 Å². The third-order valence-electron chi connectivity index (χ3n) is 0.664. The smallest absolute Gasteiger partial charge is 0.148 e. The van der Waals surface area contributed by atoms with Crippen LogP contribution in [0.4, 0.5) is 0 Å². The van der Waals surface area contributed by atoms with E-state index in [2.05, 4.69) is 11.2 Å². The van der Waals surface area contributed by atoms with E-state index in [1.165, 1.54) is 0 Å². The summed E-state index contributed by atoms with van der Waals surface area (Å²) in [4.78, 5) is 3.59. The molecule has 0 atom stereocenters. The van der Waals surface area contributed by atoms with Crippen LogP contribution in [0.3, 0.4) is 0 Å². The summed E-state index contributed by atoms with van der Waals surface area (Å²) < 4.78 is 0. The van der Waals surface area contributed by atoms with E-state index in [1.807, 2.05) is 0 Å². The lowest BCUT2D eigenvalue weighted by Gasteiger charge is -1.86. The van der Waals surface area contributed by atoms with Crippen LogP contribution in [0.1, 0.15) is 0 Å². The molecule has 1 radical (unpaired) electrons. The summed E-state index contributed by atoms with van der Waals surface area (Å²) in [6.45, 7) is 0. The second kappa shape index (κ2) is 2.33. The number of hydrogen-bond donors (Lipinski definition) is 0. The molecule has 0 unspecified atom stereocenters. The monoisotopic (exact) mass is 146 g/mol. The molecule has 0 aliphatic heterocycles. The molecule has 3 heteroatoms. The minimum absolute atomic E-state index is 0.300. The first-order chi connectivity index (χ1) is 3.80. The van der Waals surface area contributed by atoms with Gasteiger partial charge in [-0.3, -0.25) is 0 Å². The Hall–Kier alpha value is -0.270. The van der Waals surface area contributed by atoms with Crippen molar-refractivity contribution >= 4 is 23.2 Å². The Morgan fingerprint density at radius 1 is 1.50 bits per heavy atom. The van der Waals surface area contributed by atoms with E-state index in [-0.39, 0.29) is 0 Å². The Balaban J connectivity index is 3.13. The maximum atomic E-state index is 5.49. The van der Waals surface area contributed by atoms with Gasteiger partial charge in [-0.15, -0.1) is 0 Å². The van der Waals surface area contributed by atoms with Crippen LogP contribution in [0.5, 0.6) is 0 Å².